The van der Waals surface area contributed by atoms with Crippen molar-refractivity contribution in [3.8, 4) is 6.07 Å². The molecule has 0 aliphatic heterocycles. The molecule has 0 spiro atoms. The molecule has 2 aromatic rings. The molecule has 4 heteroatoms. The second kappa shape index (κ2) is 6.53. The van der Waals surface area contributed by atoms with Crippen molar-refractivity contribution >= 4 is 23.3 Å². The molecular weight excluding hydrogens is 256 g/mol. The summed E-state index contributed by atoms with van der Waals surface area (Å²) in [6.45, 7) is 0.458. The van der Waals surface area contributed by atoms with Crippen LogP contribution in [-0.4, -0.2) is 5.91 Å². The van der Waals surface area contributed by atoms with Gasteiger partial charge in [-0.3, -0.25) is 4.79 Å². The van der Waals surface area contributed by atoms with Gasteiger partial charge in [0.25, 0.3) is 0 Å². The summed E-state index contributed by atoms with van der Waals surface area (Å²) in [4.78, 5) is 12.6. The van der Waals surface area contributed by atoms with Gasteiger partial charge in [-0.25, -0.2) is 0 Å². The molecule has 0 atom stereocenters. The number of nitrogens with one attached hydrogen (secondary N) is 1. The summed E-state index contributed by atoms with van der Waals surface area (Å²) in [5, 5.41) is 13.4. The van der Waals surface area contributed by atoms with Gasteiger partial charge in [-0.2, -0.15) is 5.26 Å². The summed E-state index contributed by atoms with van der Waals surface area (Å²) in [6, 6.07) is 13.1. The molecule has 0 radical (unpaired) electrons. The van der Waals surface area contributed by atoms with Crippen molar-refractivity contribution in [2.45, 2.75) is 6.54 Å². The van der Waals surface area contributed by atoms with Gasteiger partial charge >= 0.3 is 0 Å². The molecule has 94 valence electrons. The highest BCUT2D eigenvalue weighted by atomic mass is 32.1. The lowest BCUT2D eigenvalue weighted by Crippen LogP contribution is -2.20. The van der Waals surface area contributed by atoms with E-state index >= 15 is 0 Å². The van der Waals surface area contributed by atoms with E-state index < -0.39 is 0 Å². The zero-order valence-electron chi connectivity index (χ0n) is 10.2. The largest absolute Gasteiger partial charge is 0.348 e. The van der Waals surface area contributed by atoms with Crippen molar-refractivity contribution in [2.24, 2.45) is 0 Å². The fraction of sp³-hybridized carbons (Fsp3) is 0.0667. The Morgan fingerprint density at radius 3 is 2.74 bits per heavy atom. The van der Waals surface area contributed by atoms with Gasteiger partial charge in [0.2, 0.25) is 5.91 Å². The molecule has 1 aromatic carbocycles. The number of carbonyl (C=O) groups is 1. The summed E-state index contributed by atoms with van der Waals surface area (Å²) < 4.78 is 0. The van der Waals surface area contributed by atoms with Crippen molar-refractivity contribution in [3.63, 3.8) is 0 Å². The number of benzene rings is 1. The van der Waals surface area contributed by atoms with Crippen LogP contribution >= 0.6 is 11.3 Å². The van der Waals surface area contributed by atoms with Crippen LogP contribution in [0.2, 0.25) is 0 Å². The van der Waals surface area contributed by atoms with Crippen molar-refractivity contribution in [1.29, 1.82) is 5.26 Å². The fourth-order valence-electron chi connectivity index (χ4n) is 1.49. The predicted octanol–water partition coefficient (Wildman–Crippen LogP) is 2.95. The third-order valence-electron chi connectivity index (χ3n) is 2.49. The first-order valence-electron chi connectivity index (χ1n) is 5.76. The third kappa shape index (κ3) is 4.09. The predicted molar refractivity (Wildman–Crippen MR) is 76.4 cm³/mol. The first-order valence-corrected chi connectivity index (χ1v) is 6.64. The molecule has 1 heterocycles. The maximum atomic E-state index is 11.6. The maximum absolute atomic E-state index is 11.6. The number of amides is 1. The van der Waals surface area contributed by atoms with Crippen molar-refractivity contribution < 1.29 is 4.79 Å². The van der Waals surface area contributed by atoms with E-state index in [0.717, 1.165) is 10.4 Å². The number of hydrogen-bond acceptors (Lipinski definition) is 3. The van der Waals surface area contributed by atoms with E-state index in [1.807, 2.05) is 29.6 Å². The highest BCUT2D eigenvalue weighted by Gasteiger charge is 1.97. The molecule has 0 saturated heterocycles. The fourth-order valence-corrected chi connectivity index (χ4v) is 2.11. The van der Waals surface area contributed by atoms with Crippen LogP contribution in [0.15, 0.2) is 47.9 Å². The summed E-state index contributed by atoms with van der Waals surface area (Å²) in [5.41, 5.74) is 1.59. The lowest BCUT2D eigenvalue weighted by molar-refractivity contribution is -0.116. The Labute approximate surface area is 115 Å². The van der Waals surface area contributed by atoms with Crippen LogP contribution in [0.3, 0.4) is 0 Å². The lowest BCUT2D eigenvalue weighted by atomic mass is 10.1. The number of rotatable bonds is 4. The molecule has 0 fully saturated rings. The van der Waals surface area contributed by atoms with Crippen LogP contribution in [0.4, 0.5) is 0 Å². The summed E-state index contributed by atoms with van der Waals surface area (Å²) >= 11 is 1.59. The van der Waals surface area contributed by atoms with Gasteiger partial charge in [0.15, 0.2) is 0 Å². The number of thiophene rings is 1. The molecule has 19 heavy (non-hydrogen) atoms. The van der Waals surface area contributed by atoms with E-state index in [1.54, 1.807) is 29.5 Å². The normalized spacial score (nSPS) is 10.3. The Kier molecular flexibility index (Phi) is 4.49. The molecule has 0 bridgehead atoms. The van der Waals surface area contributed by atoms with E-state index in [-0.39, 0.29) is 5.91 Å². The first kappa shape index (κ1) is 13.1. The van der Waals surface area contributed by atoms with Crippen LogP contribution in [-0.2, 0) is 11.3 Å². The van der Waals surface area contributed by atoms with Gasteiger partial charge in [0.1, 0.15) is 0 Å². The Morgan fingerprint density at radius 1 is 1.32 bits per heavy atom. The minimum atomic E-state index is -0.127. The molecule has 0 unspecified atom stereocenters. The van der Waals surface area contributed by atoms with E-state index in [2.05, 4.69) is 11.4 Å². The molecule has 0 aliphatic carbocycles. The molecule has 3 nitrogen and oxygen atoms in total. The second-order valence-electron chi connectivity index (χ2n) is 3.88. The Bertz CT molecular complexity index is 607. The van der Waals surface area contributed by atoms with Crippen molar-refractivity contribution in [1.82, 2.24) is 5.32 Å². The highest BCUT2D eigenvalue weighted by molar-refractivity contribution is 7.10. The van der Waals surface area contributed by atoms with Crippen LogP contribution < -0.4 is 5.32 Å². The molecule has 0 aliphatic rings. The molecule has 1 N–H and O–H groups in total. The van der Waals surface area contributed by atoms with Gasteiger partial charge in [-0.05, 0) is 35.2 Å². The minimum Gasteiger partial charge on any atom is -0.348 e. The van der Waals surface area contributed by atoms with E-state index in [1.165, 1.54) is 6.08 Å². The zero-order valence-corrected chi connectivity index (χ0v) is 11.0. The Balaban J connectivity index is 1.84. The SMILES string of the molecule is N#Cc1ccc(CNC(=O)/C=C/c2cccs2)cc1. The van der Waals surface area contributed by atoms with Gasteiger partial charge in [-0.1, -0.05) is 18.2 Å². The second-order valence-corrected chi connectivity index (χ2v) is 4.85. The van der Waals surface area contributed by atoms with Crippen molar-refractivity contribution in [2.75, 3.05) is 0 Å². The quantitative estimate of drug-likeness (QED) is 0.867. The number of hydrogen-bond donors (Lipinski definition) is 1. The number of nitrogens with zero attached hydrogens (tertiary/aromatic N) is 1. The van der Waals surface area contributed by atoms with E-state index in [9.17, 15) is 4.79 Å². The average molecular weight is 268 g/mol. The van der Waals surface area contributed by atoms with Gasteiger partial charge in [0.05, 0.1) is 11.6 Å². The molecule has 1 aromatic heterocycles. The standard InChI is InChI=1S/C15H12N2OS/c16-10-12-3-5-13(6-4-12)11-17-15(18)8-7-14-2-1-9-19-14/h1-9H,11H2,(H,17,18)/b8-7+. The molecule has 2 rings (SSSR count). The van der Waals surface area contributed by atoms with E-state index in [4.69, 9.17) is 5.26 Å². The highest BCUT2D eigenvalue weighted by Crippen LogP contribution is 2.09. The molecular formula is C15H12N2OS. The van der Waals surface area contributed by atoms with Gasteiger partial charge in [-0.15, -0.1) is 11.3 Å². The smallest absolute Gasteiger partial charge is 0.244 e. The van der Waals surface area contributed by atoms with Gasteiger partial charge in [0, 0.05) is 17.5 Å². The van der Waals surface area contributed by atoms with E-state index in [0.29, 0.717) is 12.1 Å². The topological polar surface area (TPSA) is 52.9 Å². The zero-order chi connectivity index (χ0) is 13.5. The molecule has 1 amide bonds. The average Bonchev–Trinajstić information content (AvgIpc) is 2.96. The van der Waals surface area contributed by atoms with Gasteiger partial charge < -0.3 is 5.32 Å². The van der Waals surface area contributed by atoms with Crippen molar-refractivity contribution in [3.05, 3.63) is 63.9 Å². The number of nitriles is 1. The Morgan fingerprint density at radius 2 is 2.11 bits per heavy atom. The monoisotopic (exact) mass is 268 g/mol. The summed E-state index contributed by atoms with van der Waals surface area (Å²) in [6.07, 6.45) is 3.31. The summed E-state index contributed by atoms with van der Waals surface area (Å²) in [5.74, 6) is -0.127. The molecule has 0 saturated carbocycles. The number of carbonyl (C=O) groups excluding carboxylic acids is 1. The minimum absolute atomic E-state index is 0.127. The van der Waals surface area contributed by atoms with Crippen LogP contribution in [0, 0.1) is 11.3 Å². The van der Waals surface area contributed by atoms with Crippen LogP contribution in [0.5, 0.6) is 0 Å². The third-order valence-corrected chi connectivity index (χ3v) is 3.33. The lowest BCUT2D eigenvalue weighted by Gasteiger charge is -2.02. The Hall–Kier alpha value is -2.38. The van der Waals surface area contributed by atoms with Crippen LogP contribution in [0.1, 0.15) is 16.0 Å². The van der Waals surface area contributed by atoms with Crippen LogP contribution in [0.25, 0.3) is 6.08 Å². The maximum Gasteiger partial charge on any atom is 0.244 e. The summed E-state index contributed by atoms with van der Waals surface area (Å²) in [7, 11) is 0. The first-order chi connectivity index (χ1) is 9.28.